The molecule has 1 atom stereocenters. The molecule has 0 aliphatic rings. The van der Waals surface area contributed by atoms with Crippen LogP contribution in [0.5, 0.6) is 5.75 Å². The zero-order chi connectivity index (χ0) is 24.7. The highest BCUT2D eigenvalue weighted by Crippen LogP contribution is 2.30. The fourth-order valence-corrected chi connectivity index (χ4v) is 3.40. The van der Waals surface area contributed by atoms with Crippen LogP contribution in [-0.4, -0.2) is 44.7 Å². The molecule has 3 aromatic carbocycles. The molecule has 0 fully saturated rings. The Hall–Kier alpha value is -3.37. The van der Waals surface area contributed by atoms with E-state index in [1.54, 1.807) is 0 Å². The van der Waals surface area contributed by atoms with E-state index in [1.807, 2.05) is 36.4 Å². The van der Waals surface area contributed by atoms with Crippen molar-refractivity contribution in [1.29, 1.82) is 0 Å². The topological polar surface area (TPSA) is 119 Å². The third-order valence-electron chi connectivity index (χ3n) is 5.24. The van der Waals surface area contributed by atoms with E-state index >= 15 is 0 Å². The van der Waals surface area contributed by atoms with Crippen molar-refractivity contribution < 1.29 is 15.1 Å². The SMILES string of the molecule is CC(NCCOc1ccc([N+](C)(C)C)cc1)c1ccc(N=Nc2ccc([N+](=O)[O-])cc2Cl)cc1.[OH-]. The van der Waals surface area contributed by atoms with Crippen molar-refractivity contribution in [2.45, 2.75) is 13.0 Å². The number of ether oxygens (including phenoxy) is 1. The minimum Gasteiger partial charge on any atom is -0.870 e. The van der Waals surface area contributed by atoms with Crippen molar-refractivity contribution in [2.75, 3.05) is 34.3 Å². The lowest BCUT2D eigenvalue weighted by atomic mass is 10.1. The summed E-state index contributed by atoms with van der Waals surface area (Å²) in [6.07, 6.45) is 0. The van der Waals surface area contributed by atoms with Crippen molar-refractivity contribution >= 4 is 34.4 Å². The molecule has 0 aromatic heterocycles. The molecule has 0 saturated carbocycles. The van der Waals surface area contributed by atoms with Crippen LogP contribution in [0, 0.1) is 10.1 Å². The maximum Gasteiger partial charge on any atom is 0.271 e. The molecule has 0 amide bonds. The highest BCUT2D eigenvalue weighted by molar-refractivity contribution is 6.33. The van der Waals surface area contributed by atoms with Crippen molar-refractivity contribution in [2.24, 2.45) is 10.2 Å². The van der Waals surface area contributed by atoms with Crippen LogP contribution in [0.3, 0.4) is 0 Å². The van der Waals surface area contributed by atoms with Gasteiger partial charge in [-0.05, 0) is 42.8 Å². The molecular weight excluding hydrogens is 470 g/mol. The number of nitrogens with zero attached hydrogens (tertiary/aromatic N) is 4. The molecule has 186 valence electrons. The average molecular weight is 500 g/mol. The predicted octanol–water partition coefficient (Wildman–Crippen LogP) is 6.41. The molecular formula is C25H30ClN5O4. The summed E-state index contributed by atoms with van der Waals surface area (Å²) in [5.41, 5.74) is 3.28. The number of benzene rings is 3. The fraction of sp³-hybridized carbons (Fsp3) is 0.280. The number of halogens is 1. The summed E-state index contributed by atoms with van der Waals surface area (Å²) in [5, 5.41) is 22.7. The molecule has 2 N–H and O–H groups in total. The van der Waals surface area contributed by atoms with Crippen molar-refractivity contribution in [1.82, 2.24) is 9.80 Å². The predicted molar refractivity (Wildman–Crippen MR) is 139 cm³/mol. The minimum absolute atomic E-state index is 0. The number of azo groups is 1. The minimum atomic E-state index is -0.503. The lowest BCUT2D eigenvalue weighted by Gasteiger charge is -2.23. The van der Waals surface area contributed by atoms with Crippen LogP contribution in [0.1, 0.15) is 18.5 Å². The molecule has 3 aromatic rings. The first-order valence-electron chi connectivity index (χ1n) is 10.9. The van der Waals surface area contributed by atoms with Crippen LogP contribution in [0.15, 0.2) is 77.0 Å². The summed E-state index contributed by atoms with van der Waals surface area (Å²) in [6.45, 7) is 3.36. The molecule has 3 rings (SSSR count). The normalized spacial score (nSPS) is 12.3. The number of quaternary nitrogens is 1. The zero-order valence-electron chi connectivity index (χ0n) is 20.2. The fourth-order valence-electron chi connectivity index (χ4n) is 3.18. The van der Waals surface area contributed by atoms with E-state index in [9.17, 15) is 10.1 Å². The first kappa shape index (κ1) is 27.9. The Morgan fingerprint density at radius 1 is 1.03 bits per heavy atom. The maximum atomic E-state index is 10.8. The molecule has 35 heavy (non-hydrogen) atoms. The number of non-ortho nitro benzene ring substituents is 1. The summed E-state index contributed by atoms with van der Waals surface area (Å²) < 4.78 is 6.61. The van der Waals surface area contributed by atoms with E-state index < -0.39 is 4.92 Å². The van der Waals surface area contributed by atoms with Gasteiger partial charge in [0.2, 0.25) is 0 Å². The Kier molecular flexibility index (Phi) is 9.85. The van der Waals surface area contributed by atoms with Crippen LogP contribution in [0.4, 0.5) is 22.7 Å². The molecule has 0 bridgehead atoms. The molecule has 0 aliphatic carbocycles. The first-order chi connectivity index (χ1) is 16.1. The third kappa shape index (κ3) is 8.11. The van der Waals surface area contributed by atoms with Gasteiger partial charge < -0.3 is 15.5 Å². The molecule has 1 unspecified atom stereocenters. The standard InChI is InChI=1S/C25H29ClN5O3.H2O/c1-18(27-15-16-34-23-12-10-22(11-13-23)31(2,3)4)19-5-7-20(8-6-19)28-29-25-14-9-21(30(32)33)17-24(25)26;/h5-14,17-18,27H,15-16H2,1-4H3;1H2/q+1;/p-1. The quantitative estimate of drug-likeness (QED) is 0.113. The van der Waals surface area contributed by atoms with Gasteiger partial charge in [-0.3, -0.25) is 14.6 Å². The van der Waals surface area contributed by atoms with E-state index in [0.29, 0.717) is 24.5 Å². The van der Waals surface area contributed by atoms with Crippen LogP contribution in [-0.2, 0) is 0 Å². The summed E-state index contributed by atoms with van der Waals surface area (Å²) in [5.74, 6) is 0.856. The summed E-state index contributed by atoms with van der Waals surface area (Å²) in [4.78, 5) is 10.3. The van der Waals surface area contributed by atoms with Gasteiger partial charge in [0.05, 0.1) is 36.8 Å². The Morgan fingerprint density at radius 3 is 2.26 bits per heavy atom. The maximum absolute atomic E-state index is 10.8. The van der Waals surface area contributed by atoms with Crippen LogP contribution < -0.4 is 14.5 Å². The van der Waals surface area contributed by atoms with E-state index in [4.69, 9.17) is 16.3 Å². The second kappa shape index (κ2) is 12.4. The number of hydrogen-bond donors (Lipinski definition) is 1. The van der Waals surface area contributed by atoms with Gasteiger partial charge >= 0.3 is 0 Å². The third-order valence-corrected chi connectivity index (χ3v) is 5.54. The molecule has 9 nitrogen and oxygen atoms in total. The highest BCUT2D eigenvalue weighted by Gasteiger charge is 2.12. The highest BCUT2D eigenvalue weighted by atomic mass is 35.5. The summed E-state index contributed by atoms with van der Waals surface area (Å²) in [7, 11) is 6.39. The van der Waals surface area contributed by atoms with Gasteiger partial charge in [0.25, 0.3) is 5.69 Å². The molecule has 0 spiro atoms. The van der Waals surface area contributed by atoms with Crippen LogP contribution in [0.2, 0.25) is 5.02 Å². The van der Waals surface area contributed by atoms with Crippen molar-refractivity contribution in [3.05, 3.63) is 87.4 Å². The smallest absolute Gasteiger partial charge is 0.271 e. The van der Waals surface area contributed by atoms with Gasteiger partial charge in [-0.1, -0.05) is 23.7 Å². The number of nitrogens with one attached hydrogen (secondary N) is 1. The average Bonchev–Trinajstić information content (AvgIpc) is 2.81. The van der Waals surface area contributed by atoms with Gasteiger partial charge in [0.1, 0.15) is 23.7 Å². The van der Waals surface area contributed by atoms with Gasteiger partial charge in [-0.2, -0.15) is 5.11 Å². The van der Waals surface area contributed by atoms with Crippen LogP contribution >= 0.6 is 11.6 Å². The van der Waals surface area contributed by atoms with Gasteiger partial charge in [0, 0.05) is 36.9 Å². The molecule has 0 radical (unpaired) electrons. The number of nitro benzene ring substituents is 1. The van der Waals surface area contributed by atoms with E-state index in [-0.39, 0.29) is 22.2 Å². The lowest BCUT2D eigenvalue weighted by molar-refractivity contribution is -0.384. The monoisotopic (exact) mass is 499 g/mol. The van der Waals surface area contributed by atoms with Crippen molar-refractivity contribution in [3.63, 3.8) is 0 Å². The molecule has 0 heterocycles. The van der Waals surface area contributed by atoms with E-state index in [1.165, 1.54) is 23.9 Å². The second-order valence-corrected chi connectivity index (χ2v) is 9.12. The Morgan fingerprint density at radius 2 is 1.69 bits per heavy atom. The van der Waals surface area contributed by atoms with E-state index in [0.717, 1.165) is 15.8 Å². The summed E-state index contributed by atoms with van der Waals surface area (Å²) in [6, 6.07) is 20.1. The zero-order valence-corrected chi connectivity index (χ0v) is 20.9. The number of nitro groups is 1. The van der Waals surface area contributed by atoms with E-state index in [2.05, 4.69) is 55.7 Å². The Bertz CT molecular complexity index is 1150. The molecule has 0 aliphatic heterocycles. The molecule has 0 saturated heterocycles. The first-order valence-corrected chi connectivity index (χ1v) is 11.2. The Labute approximate surface area is 210 Å². The second-order valence-electron chi connectivity index (χ2n) is 8.71. The van der Waals surface area contributed by atoms with Crippen LogP contribution in [0.25, 0.3) is 0 Å². The number of rotatable bonds is 10. The van der Waals surface area contributed by atoms with Gasteiger partial charge in [-0.15, -0.1) is 5.11 Å². The van der Waals surface area contributed by atoms with Gasteiger partial charge in [-0.25, -0.2) is 0 Å². The van der Waals surface area contributed by atoms with Gasteiger partial charge in [0.15, 0.2) is 0 Å². The van der Waals surface area contributed by atoms with Crippen molar-refractivity contribution in [3.8, 4) is 5.75 Å². The Balaban J connectivity index is 0.00000432. The largest absolute Gasteiger partial charge is 0.870 e. The lowest BCUT2D eigenvalue weighted by Crippen LogP contribution is -2.34. The summed E-state index contributed by atoms with van der Waals surface area (Å²) >= 11 is 6.05. The molecule has 10 heteroatoms. The number of hydrogen-bond acceptors (Lipinski definition) is 7.